The number of thiazole rings is 1. The van der Waals surface area contributed by atoms with Gasteiger partial charge in [-0.3, -0.25) is 9.52 Å². The van der Waals surface area contributed by atoms with E-state index in [2.05, 4.69) is 15.0 Å². The zero-order chi connectivity index (χ0) is 18.9. The first kappa shape index (κ1) is 21.1. The second kappa shape index (κ2) is 10.1. The van der Waals surface area contributed by atoms with Crippen molar-refractivity contribution >= 4 is 38.1 Å². The molecule has 0 saturated carbocycles. The summed E-state index contributed by atoms with van der Waals surface area (Å²) in [5.74, 6) is -0.550. The van der Waals surface area contributed by atoms with E-state index < -0.39 is 10.0 Å². The minimum absolute atomic E-state index is 0.0613. The van der Waals surface area contributed by atoms with E-state index in [1.54, 1.807) is 12.3 Å². The molecule has 138 valence electrons. The van der Waals surface area contributed by atoms with Gasteiger partial charge in [-0.25, -0.2) is 13.4 Å². The van der Waals surface area contributed by atoms with Crippen LogP contribution in [0.25, 0.3) is 0 Å². The van der Waals surface area contributed by atoms with Gasteiger partial charge in [0, 0.05) is 29.8 Å². The quantitative estimate of drug-likeness (QED) is 0.679. The minimum atomic E-state index is -3.70. The molecule has 1 unspecified atom stereocenters. The Bertz CT molecular complexity index is 744. The van der Waals surface area contributed by atoms with E-state index >= 15 is 0 Å². The number of amides is 1. The van der Waals surface area contributed by atoms with Crippen molar-refractivity contribution in [2.45, 2.75) is 32.1 Å². The van der Waals surface area contributed by atoms with Crippen LogP contribution >= 0.6 is 11.3 Å². The van der Waals surface area contributed by atoms with Crippen LogP contribution in [-0.4, -0.2) is 31.0 Å². The van der Waals surface area contributed by atoms with Crippen LogP contribution in [0.1, 0.15) is 27.2 Å². The predicted octanol–water partition coefficient (Wildman–Crippen LogP) is 2.93. The summed E-state index contributed by atoms with van der Waals surface area (Å²) in [5, 5.41) is 13.5. The summed E-state index contributed by atoms with van der Waals surface area (Å²) in [4.78, 5) is 15.8. The predicted molar refractivity (Wildman–Crippen MR) is 100 cm³/mol. The number of carbonyl (C=O) groups excluding carboxylic acids is 1. The molecule has 0 aliphatic carbocycles. The van der Waals surface area contributed by atoms with E-state index in [9.17, 15) is 13.2 Å². The van der Waals surface area contributed by atoms with Crippen LogP contribution in [0.2, 0.25) is 0 Å². The minimum Gasteiger partial charge on any atom is -0.396 e. The summed E-state index contributed by atoms with van der Waals surface area (Å²) in [5.41, 5.74) is 0.494. The van der Waals surface area contributed by atoms with Crippen LogP contribution in [0.5, 0.6) is 0 Å². The van der Waals surface area contributed by atoms with E-state index in [0.717, 1.165) is 0 Å². The lowest BCUT2D eigenvalue weighted by atomic mass is 10.1. The highest BCUT2D eigenvalue weighted by molar-refractivity contribution is 7.93. The van der Waals surface area contributed by atoms with Gasteiger partial charge in [0.05, 0.1) is 4.90 Å². The Kier molecular flexibility index (Phi) is 8.53. The molecule has 0 aliphatic rings. The van der Waals surface area contributed by atoms with Gasteiger partial charge in [-0.2, -0.15) is 0 Å². The van der Waals surface area contributed by atoms with Crippen molar-refractivity contribution in [2.24, 2.45) is 5.92 Å². The highest BCUT2D eigenvalue weighted by Gasteiger charge is 2.16. The number of hydrogen-bond acceptors (Lipinski definition) is 6. The molecule has 1 amide bonds. The average molecular weight is 386 g/mol. The van der Waals surface area contributed by atoms with Crippen LogP contribution in [0.15, 0.2) is 40.7 Å². The van der Waals surface area contributed by atoms with Gasteiger partial charge in [0.1, 0.15) is 0 Å². The molecule has 1 atom stereocenters. The molecule has 3 N–H and O–H groups in total. The Morgan fingerprint density at radius 1 is 1.28 bits per heavy atom. The Labute approximate surface area is 152 Å². The number of sulfonamides is 1. The normalized spacial score (nSPS) is 11.8. The van der Waals surface area contributed by atoms with Crippen LogP contribution in [0.4, 0.5) is 10.8 Å². The standard InChI is InChI=1S/C14H17N3O4S2.C2H6/c1-10(6-8-18)13(19)16-11-2-4-12(5-3-11)23(20,21)17-14-15-7-9-22-14;1-2/h2-5,7,9-10,18H,6,8H2,1H3,(H,15,17)(H,16,19);1-2H3. The second-order valence-corrected chi connectivity index (χ2v) is 7.45. The molecule has 2 rings (SSSR count). The van der Waals surface area contributed by atoms with E-state index in [4.69, 9.17) is 5.11 Å². The van der Waals surface area contributed by atoms with Crippen molar-refractivity contribution in [3.05, 3.63) is 35.8 Å². The zero-order valence-corrected chi connectivity index (χ0v) is 16.0. The topological polar surface area (TPSA) is 108 Å². The summed E-state index contributed by atoms with van der Waals surface area (Å²) >= 11 is 1.19. The number of aliphatic hydroxyl groups excluding tert-OH is 1. The van der Waals surface area contributed by atoms with Gasteiger partial charge in [0.15, 0.2) is 5.13 Å². The van der Waals surface area contributed by atoms with Gasteiger partial charge in [0.25, 0.3) is 10.0 Å². The van der Waals surface area contributed by atoms with Crippen molar-refractivity contribution < 1.29 is 18.3 Å². The number of carbonyl (C=O) groups is 1. The van der Waals surface area contributed by atoms with Gasteiger partial charge >= 0.3 is 0 Å². The second-order valence-electron chi connectivity index (χ2n) is 4.87. The summed E-state index contributed by atoms with van der Waals surface area (Å²) in [7, 11) is -3.70. The van der Waals surface area contributed by atoms with Gasteiger partial charge in [-0.15, -0.1) is 11.3 Å². The van der Waals surface area contributed by atoms with Crippen LogP contribution in [0.3, 0.4) is 0 Å². The Morgan fingerprint density at radius 2 is 1.92 bits per heavy atom. The van der Waals surface area contributed by atoms with Crippen molar-refractivity contribution in [3.8, 4) is 0 Å². The third-order valence-corrected chi connectivity index (χ3v) is 5.27. The number of aliphatic hydroxyl groups is 1. The zero-order valence-electron chi connectivity index (χ0n) is 14.4. The monoisotopic (exact) mass is 385 g/mol. The fraction of sp³-hybridized carbons (Fsp3) is 0.375. The fourth-order valence-electron chi connectivity index (χ4n) is 1.76. The molecule has 0 aliphatic heterocycles. The Hall–Kier alpha value is -1.97. The van der Waals surface area contributed by atoms with E-state index in [0.29, 0.717) is 17.2 Å². The van der Waals surface area contributed by atoms with E-state index in [1.165, 1.54) is 41.8 Å². The molecule has 1 aromatic heterocycles. The summed E-state index contributed by atoms with van der Waals surface area (Å²) in [6.45, 7) is 5.65. The highest BCUT2D eigenvalue weighted by atomic mass is 32.2. The van der Waals surface area contributed by atoms with Crippen LogP contribution < -0.4 is 10.0 Å². The maximum atomic E-state index is 12.2. The van der Waals surface area contributed by atoms with Gasteiger partial charge in [0.2, 0.25) is 5.91 Å². The Balaban J connectivity index is 0.00000151. The molecule has 9 heteroatoms. The number of nitrogens with one attached hydrogen (secondary N) is 2. The molecule has 0 saturated heterocycles. The van der Waals surface area contributed by atoms with Crippen LogP contribution in [0, 0.1) is 5.92 Å². The third-order valence-electron chi connectivity index (χ3n) is 3.10. The summed E-state index contributed by atoms with van der Waals surface area (Å²) in [6.07, 6.45) is 1.88. The maximum Gasteiger partial charge on any atom is 0.263 e. The SMILES string of the molecule is CC.CC(CCO)C(=O)Nc1ccc(S(=O)(=O)Nc2nccs2)cc1. The molecule has 1 heterocycles. The summed E-state index contributed by atoms with van der Waals surface area (Å²) in [6, 6.07) is 5.84. The lowest BCUT2D eigenvalue weighted by Gasteiger charge is -2.11. The van der Waals surface area contributed by atoms with Crippen LogP contribution in [-0.2, 0) is 14.8 Å². The molecule has 0 radical (unpaired) electrons. The van der Waals surface area contributed by atoms with Gasteiger partial charge in [-0.1, -0.05) is 20.8 Å². The number of anilines is 2. The number of benzene rings is 1. The first-order valence-electron chi connectivity index (χ1n) is 7.86. The molecular formula is C16H23N3O4S2. The lowest BCUT2D eigenvalue weighted by molar-refractivity contribution is -0.119. The molecule has 7 nitrogen and oxygen atoms in total. The maximum absolute atomic E-state index is 12.2. The third kappa shape index (κ3) is 6.45. The van der Waals surface area contributed by atoms with Crippen molar-refractivity contribution in [3.63, 3.8) is 0 Å². The van der Waals surface area contributed by atoms with Gasteiger partial charge < -0.3 is 10.4 Å². The largest absolute Gasteiger partial charge is 0.396 e. The van der Waals surface area contributed by atoms with Crippen molar-refractivity contribution in [2.75, 3.05) is 16.6 Å². The Morgan fingerprint density at radius 3 is 2.44 bits per heavy atom. The molecular weight excluding hydrogens is 362 g/mol. The first-order valence-corrected chi connectivity index (χ1v) is 10.2. The number of aromatic nitrogens is 1. The number of hydrogen-bond donors (Lipinski definition) is 3. The molecule has 0 spiro atoms. The molecule has 1 aromatic carbocycles. The molecule has 25 heavy (non-hydrogen) atoms. The number of nitrogens with zero attached hydrogens (tertiary/aromatic N) is 1. The smallest absolute Gasteiger partial charge is 0.263 e. The molecule has 0 fully saturated rings. The molecule has 2 aromatic rings. The van der Waals surface area contributed by atoms with Gasteiger partial charge in [-0.05, 0) is 30.7 Å². The van der Waals surface area contributed by atoms with Crippen molar-refractivity contribution in [1.29, 1.82) is 0 Å². The number of rotatable bonds is 7. The highest BCUT2D eigenvalue weighted by Crippen LogP contribution is 2.20. The lowest BCUT2D eigenvalue weighted by Crippen LogP contribution is -2.21. The average Bonchev–Trinajstić information content (AvgIpc) is 3.09. The van der Waals surface area contributed by atoms with Crippen molar-refractivity contribution in [1.82, 2.24) is 4.98 Å². The first-order chi connectivity index (χ1) is 11.9. The fourth-order valence-corrected chi connectivity index (χ4v) is 3.54. The van der Waals surface area contributed by atoms with E-state index in [1.807, 2.05) is 13.8 Å². The molecule has 0 bridgehead atoms. The van der Waals surface area contributed by atoms with E-state index in [-0.39, 0.29) is 23.3 Å². The summed E-state index contributed by atoms with van der Waals surface area (Å²) < 4.78 is 26.7.